The first-order chi connectivity index (χ1) is 16.8. The molecule has 1 amide bonds. The number of carbonyl (C=O) groups excluding carboxylic acids is 2. The Morgan fingerprint density at radius 3 is 2.31 bits per heavy atom. The predicted octanol–water partition coefficient (Wildman–Crippen LogP) is 4.34. The van der Waals surface area contributed by atoms with E-state index >= 15 is 0 Å². The number of ether oxygens (including phenoxy) is 2. The van der Waals surface area contributed by atoms with Gasteiger partial charge in [-0.15, -0.1) is 0 Å². The third-order valence-corrected chi connectivity index (χ3v) is 6.00. The first-order valence-electron chi connectivity index (χ1n) is 10.3. The van der Waals surface area contributed by atoms with Crippen LogP contribution in [-0.4, -0.2) is 27.4 Å². The summed E-state index contributed by atoms with van der Waals surface area (Å²) in [7, 11) is -2.88. The van der Waals surface area contributed by atoms with Crippen molar-refractivity contribution in [1.82, 2.24) is 0 Å². The van der Waals surface area contributed by atoms with Crippen LogP contribution >= 0.6 is 0 Å². The number of benzene rings is 3. The molecule has 12 heteroatoms. The second-order valence-electron chi connectivity index (χ2n) is 7.56. The highest BCUT2D eigenvalue weighted by atomic mass is 32.2. The minimum Gasteiger partial charge on any atom is -0.495 e. The molecule has 0 unspecified atom stereocenters. The van der Waals surface area contributed by atoms with E-state index in [9.17, 15) is 31.2 Å². The average Bonchev–Trinajstić information content (AvgIpc) is 2.81. The van der Waals surface area contributed by atoms with Crippen LogP contribution in [0.25, 0.3) is 11.1 Å². The molecule has 0 aliphatic rings. The quantitative estimate of drug-likeness (QED) is 0.445. The number of rotatable bonds is 7. The van der Waals surface area contributed by atoms with Gasteiger partial charge in [0.05, 0.1) is 12.7 Å². The van der Waals surface area contributed by atoms with Gasteiger partial charge < -0.3 is 14.8 Å². The normalized spacial score (nSPS) is 11.6. The smallest absolute Gasteiger partial charge is 0.417 e. The lowest BCUT2D eigenvalue weighted by Crippen LogP contribution is -2.16. The van der Waals surface area contributed by atoms with Gasteiger partial charge in [0.15, 0.2) is 0 Å². The van der Waals surface area contributed by atoms with Gasteiger partial charge in [0.2, 0.25) is 10.0 Å². The highest BCUT2D eigenvalue weighted by molar-refractivity contribution is 7.89. The fourth-order valence-electron chi connectivity index (χ4n) is 3.45. The molecule has 8 nitrogen and oxygen atoms in total. The average molecular weight is 523 g/mol. The molecule has 3 N–H and O–H groups in total. The molecule has 0 atom stereocenters. The van der Waals surface area contributed by atoms with Gasteiger partial charge in [-0.25, -0.2) is 13.6 Å². The van der Waals surface area contributed by atoms with Crippen LogP contribution in [-0.2, 0) is 32.3 Å². The third-order valence-electron chi connectivity index (χ3n) is 5.05. The summed E-state index contributed by atoms with van der Waals surface area (Å²) in [5.74, 6) is -1.43. The molecule has 0 aliphatic heterocycles. The number of sulfonamides is 1. The molecule has 36 heavy (non-hydrogen) atoms. The van der Waals surface area contributed by atoms with Crippen molar-refractivity contribution in [3.05, 3.63) is 77.4 Å². The highest BCUT2D eigenvalue weighted by Gasteiger charge is 2.33. The number of hydrogen-bond acceptors (Lipinski definition) is 6. The number of esters is 1. The Balaban J connectivity index is 2.00. The molecule has 3 aromatic carbocycles. The number of nitrogens with one attached hydrogen (secondary N) is 1. The maximum absolute atomic E-state index is 13.6. The van der Waals surface area contributed by atoms with E-state index in [0.29, 0.717) is 0 Å². The summed E-state index contributed by atoms with van der Waals surface area (Å²) in [4.78, 5) is 23.8. The molecular weight excluding hydrogens is 501 g/mol. The van der Waals surface area contributed by atoms with E-state index in [1.165, 1.54) is 55.6 Å². The minimum atomic E-state index is -4.62. The third kappa shape index (κ3) is 6.20. The lowest BCUT2D eigenvalue weighted by molar-refractivity contribution is -0.142. The molecule has 0 fully saturated rings. The number of halogens is 3. The van der Waals surface area contributed by atoms with E-state index in [0.717, 1.165) is 19.1 Å². The zero-order valence-electron chi connectivity index (χ0n) is 19.0. The van der Waals surface area contributed by atoms with Gasteiger partial charge in [-0.1, -0.05) is 24.3 Å². The maximum atomic E-state index is 13.6. The fraction of sp³-hybridized carbons (Fsp3) is 0.167. The Morgan fingerprint density at radius 1 is 1.00 bits per heavy atom. The summed E-state index contributed by atoms with van der Waals surface area (Å²) in [5, 5.41) is 7.72. The molecule has 3 rings (SSSR count). The Hall–Kier alpha value is -3.90. The summed E-state index contributed by atoms with van der Waals surface area (Å²) in [6.07, 6.45) is -4.62. The van der Waals surface area contributed by atoms with Crippen molar-refractivity contribution in [2.75, 3.05) is 12.4 Å². The van der Waals surface area contributed by atoms with Crippen LogP contribution in [0.5, 0.6) is 5.75 Å². The van der Waals surface area contributed by atoms with E-state index in [2.05, 4.69) is 5.32 Å². The Kier molecular flexibility index (Phi) is 7.70. The maximum Gasteiger partial charge on any atom is 0.417 e. The molecule has 0 heterocycles. The zero-order valence-corrected chi connectivity index (χ0v) is 19.9. The topological polar surface area (TPSA) is 125 Å². The summed E-state index contributed by atoms with van der Waals surface area (Å²) in [6, 6.07) is 12.7. The fourth-order valence-corrected chi connectivity index (χ4v) is 4.13. The van der Waals surface area contributed by atoms with Crippen molar-refractivity contribution in [2.24, 2.45) is 5.14 Å². The van der Waals surface area contributed by atoms with Crippen molar-refractivity contribution in [3.8, 4) is 16.9 Å². The van der Waals surface area contributed by atoms with Gasteiger partial charge in [0.1, 0.15) is 17.3 Å². The van der Waals surface area contributed by atoms with E-state index in [4.69, 9.17) is 14.6 Å². The highest BCUT2D eigenvalue weighted by Crippen LogP contribution is 2.39. The van der Waals surface area contributed by atoms with Crippen LogP contribution in [0.3, 0.4) is 0 Å². The van der Waals surface area contributed by atoms with Crippen LogP contribution in [0.15, 0.2) is 65.6 Å². The van der Waals surface area contributed by atoms with E-state index in [1.54, 1.807) is 0 Å². The molecule has 190 valence electrons. The van der Waals surface area contributed by atoms with Gasteiger partial charge in [0, 0.05) is 18.2 Å². The molecule has 0 saturated heterocycles. The number of nitrogens with two attached hydrogens (primary N) is 1. The number of alkyl halides is 3. The molecule has 0 aliphatic carbocycles. The first kappa shape index (κ1) is 26.7. The van der Waals surface area contributed by atoms with Crippen molar-refractivity contribution in [3.63, 3.8) is 0 Å². The second kappa shape index (κ2) is 10.4. The van der Waals surface area contributed by atoms with Crippen molar-refractivity contribution in [2.45, 2.75) is 24.6 Å². The predicted molar refractivity (Wildman–Crippen MR) is 125 cm³/mol. The molecule has 0 aromatic heterocycles. The zero-order chi connectivity index (χ0) is 26.7. The Morgan fingerprint density at radius 2 is 1.69 bits per heavy atom. The minimum absolute atomic E-state index is 0.0345. The van der Waals surface area contributed by atoms with Gasteiger partial charge >= 0.3 is 12.1 Å². The number of amides is 1. The largest absolute Gasteiger partial charge is 0.495 e. The molecule has 0 radical (unpaired) electrons. The number of anilines is 1. The van der Waals surface area contributed by atoms with E-state index in [-0.39, 0.29) is 45.2 Å². The van der Waals surface area contributed by atoms with Crippen molar-refractivity contribution in [1.29, 1.82) is 0 Å². The summed E-state index contributed by atoms with van der Waals surface area (Å²) in [5.41, 5.74) is -0.360. The Labute approximate surface area is 204 Å². The van der Waals surface area contributed by atoms with Crippen LogP contribution in [0.4, 0.5) is 18.9 Å². The van der Waals surface area contributed by atoms with Crippen LogP contribution in [0.1, 0.15) is 28.4 Å². The Bertz CT molecular complexity index is 1420. The lowest BCUT2D eigenvalue weighted by Gasteiger charge is -2.17. The SMILES string of the molecule is COc1cc(C(=O)Nc2ccc(-c3ccccc3C(F)(F)F)c(COC(C)=O)c2)ccc1S(N)(=O)=O. The van der Waals surface area contributed by atoms with E-state index in [1.807, 2.05) is 0 Å². The first-order valence-corrected chi connectivity index (χ1v) is 11.8. The van der Waals surface area contributed by atoms with Gasteiger partial charge in [-0.05, 0) is 53.1 Å². The number of hydrogen-bond donors (Lipinski definition) is 2. The van der Waals surface area contributed by atoms with E-state index < -0.39 is 33.6 Å². The van der Waals surface area contributed by atoms with Crippen molar-refractivity contribution >= 4 is 27.6 Å². The molecule has 3 aromatic rings. The standard InChI is InChI=1S/C24H21F3N2O6S/c1-14(30)35-13-16-11-17(8-9-18(16)19-5-3-4-6-20(19)24(25,26)27)29-23(31)15-7-10-22(36(28,32)33)21(12-15)34-2/h3-12H,13H2,1-2H3,(H,29,31)(H2,28,32,33). The summed E-state index contributed by atoms with van der Waals surface area (Å²) < 4.78 is 74.1. The van der Waals surface area contributed by atoms with Gasteiger partial charge in [-0.2, -0.15) is 13.2 Å². The number of primary sulfonamides is 1. The molecule has 0 saturated carbocycles. The number of methoxy groups -OCH3 is 1. The van der Waals surface area contributed by atoms with Gasteiger partial charge in [0.25, 0.3) is 5.91 Å². The summed E-state index contributed by atoms with van der Waals surface area (Å²) in [6.45, 7) is 0.824. The van der Waals surface area contributed by atoms with Crippen LogP contribution in [0.2, 0.25) is 0 Å². The summed E-state index contributed by atoms with van der Waals surface area (Å²) >= 11 is 0. The lowest BCUT2D eigenvalue weighted by atomic mass is 9.94. The van der Waals surface area contributed by atoms with Gasteiger partial charge in [-0.3, -0.25) is 9.59 Å². The number of carbonyl (C=O) groups is 2. The second-order valence-corrected chi connectivity index (χ2v) is 9.09. The van der Waals surface area contributed by atoms with Crippen LogP contribution in [0, 0.1) is 0 Å². The van der Waals surface area contributed by atoms with Crippen LogP contribution < -0.4 is 15.2 Å². The molecule has 0 bridgehead atoms. The molecular formula is C24H21F3N2O6S. The van der Waals surface area contributed by atoms with Crippen molar-refractivity contribution < 1.29 is 40.7 Å². The molecule has 0 spiro atoms. The monoisotopic (exact) mass is 522 g/mol.